The fourth-order valence-electron chi connectivity index (χ4n) is 5.54. The normalized spacial score (nSPS) is 17.9. The predicted octanol–water partition coefficient (Wildman–Crippen LogP) is 4.62. The number of aromatic nitrogens is 1. The van der Waals surface area contributed by atoms with Crippen molar-refractivity contribution in [3.63, 3.8) is 0 Å². The summed E-state index contributed by atoms with van der Waals surface area (Å²) in [7, 11) is 0. The zero-order valence-electron chi connectivity index (χ0n) is 27.0. The van der Waals surface area contributed by atoms with Crippen molar-refractivity contribution in [1.82, 2.24) is 20.9 Å². The molecule has 246 valence electrons. The van der Waals surface area contributed by atoms with Crippen molar-refractivity contribution in [2.45, 2.75) is 70.4 Å². The van der Waals surface area contributed by atoms with E-state index in [0.717, 1.165) is 27.6 Å². The summed E-state index contributed by atoms with van der Waals surface area (Å²) in [5.41, 5.74) is 2.44. The van der Waals surface area contributed by atoms with E-state index in [1.807, 2.05) is 105 Å². The van der Waals surface area contributed by atoms with Crippen LogP contribution < -0.4 is 16.0 Å². The number of rotatable bonds is 15. The Bertz CT molecular complexity index is 1680. The number of fused-ring (bicyclic) bond motifs is 1. The van der Waals surface area contributed by atoms with Crippen molar-refractivity contribution in [3.05, 3.63) is 108 Å². The number of amides is 3. The molecule has 1 aliphatic rings. The SMILES string of the molecule is CC[C@H](C)C(NC(=O)OCc1ccccc1)C(=O)N[C@@H](Cc1c[nH]c2ccccc12)C(=O)N[C@@H](Cc1ccccc1)C(=O)[C@@]1(C)CO1. The van der Waals surface area contributed by atoms with Gasteiger partial charge in [-0.3, -0.25) is 14.4 Å². The Kier molecular flexibility index (Phi) is 10.7. The fourth-order valence-corrected chi connectivity index (χ4v) is 5.54. The Labute approximate surface area is 274 Å². The number of nitrogens with one attached hydrogen (secondary N) is 4. The summed E-state index contributed by atoms with van der Waals surface area (Å²) in [4.78, 5) is 57.6. The standard InChI is InChI=1S/C37H42N4O6/c1-4-24(2)32(41-36(45)46-22-26-15-9-6-10-16-26)35(44)40-31(20-27-21-38-29-18-12-11-17-28(27)29)34(43)39-30(33(42)37(3)23-47-37)19-25-13-7-5-8-14-25/h5-18,21,24,30-32,38H,4,19-20,22-23H2,1-3H3,(H,39,43)(H,40,44)(H,41,45)/t24-,30-,31-,32?,37+/m0/s1. The molecule has 0 saturated carbocycles. The van der Waals surface area contributed by atoms with E-state index >= 15 is 0 Å². The third-order valence-corrected chi connectivity index (χ3v) is 8.73. The average molecular weight is 639 g/mol. The van der Waals surface area contributed by atoms with Crippen LogP contribution in [0.1, 0.15) is 43.9 Å². The number of hydrogen-bond acceptors (Lipinski definition) is 6. The number of benzene rings is 3. The van der Waals surface area contributed by atoms with E-state index in [4.69, 9.17) is 9.47 Å². The molecule has 1 fully saturated rings. The summed E-state index contributed by atoms with van der Waals surface area (Å²) in [5.74, 6) is -1.54. The van der Waals surface area contributed by atoms with Crippen LogP contribution in [-0.4, -0.2) is 59.0 Å². The summed E-state index contributed by atoms with van der Waals surface area (Å²) in [6.45, 7) is 5.81. The summed E-state index contributed by atoms with van der Waals surface area (Å²) in [6, 6.07) is 23.5. The van der Waals surface area contributed by atoms with Crippen molar-refractivity contribution >= 4 is 34.6 Å². The van der Waals surface area contributed by atoms with E-state index < -0.39 is 41.6 Å². The van der Waals surface area contributed by atoms with Crippen LogP contribution in [0.2, 0.25) is 0 Å². The molecule has 0 radical (unpaired) electrons. The molecule has 4 aromatic rings. The average Bonchev–Trinajstić information content (AvgIpc) is 3.72. The zero-order valence-corrected chi connectivity index (χ0v) is 27.0. The predicted molar refractivity (Wildman–Crippen MR) is 178 cm³/mol. The van der Waals surface area contributed by atoms with Crippen LogP contribution in [0.25, 0.3) is 10.9 Å². The van der Waals surface area contributed by atoms with Crippen LogP contribution in [0.15, 0.2) is 91.1 Å². The molecule has 1 unspecified atom stereocenters. The highest BCUT2D eigenvalue weighted by Gasteiger charge is 2.50. The smallest absolute Gasteiger partial charge is 0.408 e. The highest BCUT2D eigenvalue weighted by Crippen LogP contribution is 2.29. The van der Waals surface area contributed by atoms with Crippen molar-refractivity contribution in [1.29, 1.82) is 0 Å². The van der Waals surface area contributed by atoms with Gasteiger partial charge in [-0.05, 0) is 42.0 Å². The highest BCUT2D eigenvalue weighted by molar-refractivity contribution is 5.99. The number of H-pyrrole nitrogens is 1. The quantitative estimate of drug-likeness (QED) is 0.140. The second-order valence-electron chi connectivity index (χ2n) is 12.3. The van der Waals surface area contributed by atoms with E-state index in [1.54, 1.807) is 6.92 Å². The van der Waals surface area contributed by atoms with Gasteiger partial charge in [0.2, 0.25) is 11.8 Å². The number of carbonyl (C=O) groups is 4. The molecular weight excluding hydrogens is 596 g/mol. The molecule has 0 aliphatic carbocycles. The Morgan fingerprint density at radius 3 is 2.11 bits per heavy atom. The number of epoxide rings is 1. The first-order valence-electron chi connectivity index (χ1n) is 16.0. The minimum absolute atomic E-state index is 0.0482. The number of Topliss-reactive ketones (excluding diaryl/α,β-unsaturated/α-hetero) is 1. The van der Waals surface area contributed by atoms with Crippen molar-refractivity contribution < 1.29 is 28.7 Å². The van der Waals surface area contributed by atoms with Crippen LogP contribution in [0.3, 0.4) is 0 Å². The van der Waals surface area contributed by atoms with Crippen molar-refractivity contribution in [2.75, 3.05) is 6.61 Å². The van der Waals surface area contributed by atoms with Gasteiger partial charge in [-0.1, -0.05) is 99.1 Å². The van der Waals surface area contributed by atoms with E-state index in [9.17, 15) is 19.2 Å². The third kappa shape index (κ3) is 8.65. The minimum atomic E-state index is -1.06. The van der Waals surface area contributed by atoms with Gasteiger partial charge in [0.15, 0.2) is 5.78 Å². The number of ketones is 1. The lowest BCUT2D eigenvalue weighted by Crippen LogP contribution is -2.58. The van der Waals surface area contributed by atoms with Crippen LogP contribution in [0.5, 0.6) is 0 Å². The maximum atomic E-state index is 14.1. The van der Waals surface area contributed by atoms with Crippen molar-refractivity contribution in [2.24, 2.45) is 5.92 Å². The number of aromatic amines is 1. The zero-order chi connectivity index (χ0) is 33.4. The highest BCUT2D eigenvalue weighted by atomic mass is 16.6. The molecule has 1 saturated heterocycles. The molecule has 3 amide bonds. The number of hydrogen-bond donors (Lipinski definition) is 4. The topological polar surface area (TPSA) is 142 Å². The summed E-state index contributed by atoms with van der Waals surface area (Å²) >= 11 is 0. The van der Waals surface area contributed by atoms with Gasteiger partial charge in [-0.25, -0.2) is 4.79 Å². The third-order valence-electron chi connectivity index (χ3n) is 8.73. The van der Waals surface area contributed by atoms with Gasteiger partial charge in [-0.15, -0.1) is 0 Å². The van der Waals surface area contributed by atoms with Gasteiger partial charge < -0.3 is 30.4 Å². The van der Waals surface area contributed by atoms with Gasteiger partial charge in [0.25, 0.3) is 0 Å². The number of carbonyl (C=O) groups excluding carboxylic acids is 4. The molecule has 10 nitrogen and oxygen atoms in total. The summed E-state index contributed by atoms with van der Waals surface area (Å²) in [6.07, 6.45) is 2.07. The second-order valence-corrected chi connectivity index (χ2v) is 12.3. The van der Waals surface area contributed by atoms with Gasteiger partial charge in [0.05, 0.1) is 12.6 Å². The first kappa shape index (κ1) is 33.4. The molecule has 0 bridgehead atoms. The van der Waals surface area contributed by atoms with Gasteiger partial charge in [0.1, 0.15) is 24.3 Å². The molecule has 2 heterocycles. The first-order chi connectivity index (χ1) is 22.7. The summed E-state index contributed by atoms with van der Waals surface area (Å²) < 4.78 is 10.8. The Morgan fingerprint density at radius 2 is 1.45 bits per heavy atom. The maximum Gasteiger partial charge on any atom is 0.408 e. The maximum absolute atomic E-state index is 14.1. The van der Waals surface area contributed by atoms with E-state index in [1.165, 1.54) is 0 Å². The first-order valence-corrected chi connectivity index (χ1v) is 16.0. The lowest BCUT2D eigenvalue weighted by atomic mass is 9.94. The molecule has 47 heavy (non-hydrogen) atoms. The van der Waals surface area contributed by atoms with Crippen molar-refractivity contribution in [3.8, 4) is 0 Å². The van der Waals surface area contributed by atoms with E-state index in [2.05, 4.69) is 20.9 Å². The largest absolute Gasteiger partial charge is 0.445 e. The van der Waals surface area contributed by atoms with Crippen LogP contribution in [-0.2, 0) is 43.3 Å². The lowest BCUT2D eigenvalue weighted by Gasteiger charge is -2.27. The molecule has 5 rings (SSSR count). The lowest BCUT2D eigenvalue weighted by molar-refractivity contribution is -0.133. The van der Waals surface area contributed by atoms with E-state index in [-0.39, 0.29) is 37.8 Å². The van der Waals surface area contributed by atoms with Gasteiger partial charge in [-0.2, -0.15) is 0 Å². The van der Waals surface area contributed by atoms with Gasteiger partial charge >= 0.3 is 6.09 Å². The summed E-state index contributed by atoms with van der Waals surface area (Å²) in [5, 5.41) is 9.45. The molecular formula is C37H42N4O6. The Morgan fingerprint density at radius 1 is 0.830 bits per heavy atom. The molecule has 4 N–H and O–H groups in total. The molecule has 1 aliphatic heterocycles. The van der Waals surface area contributed by atoms with Crippen LogP contribution in [0.4, 0.5) is 4.79 Å². The second kappa shape index (κ2) is 15.1. The molecule has 5 atom stereocenters. The Balaban J connectivity index is 1.37. The molecule has 10 heteroatoms. The number of alkyl carbamates (subject to hydrolysis) is 1. The molecule has 1 aromatic heterocycles. The monoisotopic (exact) mass is 638 g/mol. The van der Waals surface area contributed by atoms with E-state index in [0.29, 0.717) is 6.42 Å². The number of para-hydroxylation sites is 1. The molecule has 0 spiro atoms. The minimum Gasteiger partial charge on any atom is -0.445 e. The Hall–Kier alpha value is -4.96. The fraction of sp³-hybridized carbons (Fsp3) is 0.351. The van der Waals surface area contributed by atoms with Gasteiger partial charge in [0, 0.05) is 23.5 Å². The number of ether oxygens (including phenoxy) is 2. The molecule has 3 aromatic carbocycles. The van der Waals surface area contributed by atoms with Crippen LogP contribution >= 0.6 is 0 Å². The van der Waals surface area contributed by atoms with Crippen LogP contribution in [0, 0.1) is 5.92 Å².